The Kier molecular flexibility index (Phi) is 6.53. The molecule has 7 heteroatoms. The average molecular weight is 414 g/mol. The van der Waals surface area contributed by atoms with Crippen LogP contribution in [-0.4, -0.2) is 41.1 Å². The number of halogens is 1. The zero-order valence-corrected chi connectivity index (χ0v) is 17.4. The minimum Gasteiger partial charge on any atom is -0.394 e. The lowest BCUT2D eigenvalue weighted by atomic mass is 9.95. The lowest BCUT2D eigenvalue weighted by Gasteiger charge is -2.40. The van der Waals surface area contributed by atoms with Crippen LogP contribution in [0.1, 0.15) is 38.0 Å². The molecule has 0 radical (unpaired) electrons. The standard InChI is InChI=1S/C23H27FN2O4/c1-23(2,3)22(29)25-18-10-6-16(7-11-18)21-19(13-27)26(20(28)14-30-21)12-15-4-8-17(24)9-5-15/h4-11,19,21,27H,12-14H2,1-3H3,(H,25,29). The van der Waals surface area contributed by atoms with Gasteiger partial charge in [-0.25, -0.2) is 4.39 Å². The van der Waals surface area contributed by atoms with Gasteiger partial charge in [-0.15, -0.1) is 0 Å². The maximum Gasteiger partial charge on any atom is 0.249 e. The molecule has 2 aromatic carbocycles. The van der Waals surface area contributed by atoms with E-state index < -0.39 is 17.6 Å². The van der Waals surface area contributed by atoms with Crippen molar-refractivity contribution in [2.75, 3.05) is 18.5 Å². The summed E-state index contributed by atoms with van der Waals surface area (Å²) in [6.45, 7) is 5.39. The molecule has 0 aromatic heterocycles. The maximum atomic E-state index is 13.2. The van der Waals surface area contributed by atoms with Crippen molar-refractivity contribution in [3.8, 4) is 0 Å². The van der Waals surface area contributed by atoms with Crippen LogP contribution >= 0.6 is 0 Å². The number of anilines is 1. The highest BCUT2D eigenvalue weighted by atomic mass is 19.1. The third kappa shape index (κ3) is 5.04. The van der Waals surface area contributed by atoms with Crippen molar-refractivity contribution in [3.63, 3.8) is 0 Å². The molecule has 1 fully saturated rings. The number of hydrogen-bond acceptors (Lipinski definition) is 4. The summed E-state index contributed by atoms with van der Waals surface area (Å²) in [5, 5.41) is 12.9. The number of nitrogens with zero attached hydrogens (tertiary/aromatic N) is 1. The van der Waals surface area contributed by atoms with E-state index in [0.717, 1.165) is 11.1 Å². The van der Waals surface area contributed by atoms with Gasteiger partial charge in [0.1, 0.15) is 18.5 Å². The third-order valence-corrected chi connectivity index (χ3v) is 5.09. The smallest absolute Gasteiger partial charge is 0.249 e. The van der Waals surface area contributed by atoms with Crippen molar-refractivity contribution in [1.29, 1.82) is 0 Å². The van der Waals surface area contributed by atoms with Crippen LogP contribution in [0, 0.1) is 11.2 Å². The monoisotopic (exact) mass is 414 g/mol. The number of ether oxygens (including phenoxy) is 1. The quantitative estimate of drug-likeness (QED) is 0.787. The summed E-state index contributed by atoms with van der Waals surface area (Å²) in [5.74, 6) is -0.667. The van der Waals surface area contributed by atoms with Gasteiger partial charge in [-0.3, -0.25) is 9.59 Å². The third-order valence-electron chi connectivity index (χ3n) is 5.09. The van der Waals surface area contributed by atoms with Crippen LogP contribution in [0.5, 0.6) is 0 Å². The highest BCUT2D eigenvalue weighted by Gasteiger charge is 2.37. The number of hydrogen-bond donors (Lipinski definition) is 2. The van der Waals surface area contributed by atoms with Crippen LogP contribution in [0.25, 0.3) is 0 Å². The molecule has 2 unspecified atom stereocenters. The van der Waals surface area contributed by atoms with E-state index in [9.17, 15) is 19.1 Å². The fraction of sp³-hybridized carbons (Fsp3) is 0.391. The Morgan fingerprint density at radius 1 is 1.17 bits per heavy atom. The number of aliphatic hydroxyl groups excluding tert-OH is 1. The lowest BCUT2D eigenvalue weighted by molar-refractivity contribution is -0.162. The molecule has 1 aliphatic rings. The van der Waals surface area contributed by atoms with E-state index in [1.807, 2.05) is 32.9 Å². The number of rotatable bonds is 5. The van der Waals surface area contributed by atoms with Gasteiger partial charge in [0.2, 0.25) is 11.8 Å². The summed E-state index contributed by atoms with van der Waals surface area (Å²) in [5.41, 5.74) is 1.71. The van der Waals surface area contributed by atoms with Crippen LogP contribution in [0.15, 0.2) is 48.5 Å². The SMILES string of the molecule is CC(C)(C)C(=O)Nc1ccc(C2OCC(=O)N(Cc3ccc(F)cc3)C2CO)cc1. The number of morpholine rings is 1. The number of aliphatic hydroxyl groups is 1. The Balaban J connectivity index is 1.77. The summed E-state index contributed by atoms with van der Waals surface area (Å²) < 4.78 is 18.9. The fourth-order valence-electron chi connectivity index (χ4n) is 3.28. The van der Waals surface area contributed by atoms with Gasteiger partial charge in [0.05, 0.1) is 12.6 Å². The zero-order valence-electron chi connectivity index (χ0n) is 17.4. The first-order valence-corrected chi connectivity index (χ1v) is 9.87. The van der Waals surface area contributed by atoms with E-state index in [1.54, 1.807) is 29.2 Å². The summed E-state index contributed by atoms with van der Waals surface area (Å²) >= 11 is 0. The molecular formula is C23H27FN2O4. The van der Waals surface area contributed by atoms with Gasteiger partial charge < -0.3 is 20.1 Å². The molecular weight excluding hydrogens is 387 g/mol. The number of benzene rings is 2. The van der Waals surface area contributed by atoms with E-state index in [1.165, 1.54) is 12.1 Å². The molecule has 1 aliphatic heterocycles. The van der Waals surface area contributed by atoms with Gasteiger partial charge in [-0.2, -0.15) is 0 Å². The van der Waals surface area contributed by atoms with Crippen molar-refractivity contribution in [1.82, 2.24) is 4.90 Å². The normalized spacial score (nSPS) is 19.6. The van der Waals surface area contributed by atoms with E-state index >= 15 is 0 Å². The van der Waals surface area contributed by atoms with E-state index in [-0.39, 0.29) is 37.4 Å². The molecule has 160 valence electrons. The molecule has 1 saturated heterocycles. The Bertz CT molecular complexity index is 891. The predicted octanol–water partition coefficient (Wildman–Crippen LogP) is 3.27. The van der Waals surface area contributed by atoms with Gasteiger partial charge in [-0.1, -0.05) is 45.0 Å². The predicted molar refractivity (Wildman–Crippen MR) is 111 cm³/mol. The number of carbonyl (C=O) groups excluding carboxylic acids is 2. The summed E-state index contributed by atoms with van der Waals surface area (Å²) in [7, 11) is 0. The summed E-state index contributed by atoms with van der Waals surface area (Å²) in [6.07, 6.45) is -0.513. The first-order valence-electron chi connectivity index (χ1n) is 9.87. The fourth-order valence-corrected chi connectivity index (χ4v) is 3.28. The second kappa shape index (κ2) is 8.93. The molecule has 3 rings (SSSR count). The maximum absolute atomic E-state index is 13.2. The zero-order chi connectivity index (χ0) is 21.9. The lowest BCUT2D eigenvalue weighted by Crippen LogP contribution is -2.52. The first-order chi connectivity index (χ1) is 14.2. The van der Waals surface area contributed by atoms with Gasteiger partial charge in [0.15, 0.2) is 0 Å². The molecule has 0 aliphatic carbocycles. The van der Waals surface area contributed by atoms with Crippen molar-refractivity contribution in [2.45, 2.75) is 39.5 Å². The van der Waals surface area contributed by atoms with Crippen molar-refractivity contribution >= 4 is 17.5 Å². The van der Waals surface area contributed by atoms with Crippen LogP contribution in [0.2, 0.25) is 0 Å². The topological polar surface area (TPSA) is 78.9 Å². The average Bonchev–Trinajstić information content (AvgIpc) is 2.71. The molecule has 2 N–H and O–H groups in total. The molecule has 1 heterocycles. The Morgan fingerprint density at radius 3 is 2.37 bits per heavy atom. The second-order valence-corrected chi connectivity index (χ2v) is 8.46. The molecule has 0 bridgehead atoms. The molecule has 0 spiro atoms. The van der Waals surface area contributed by atoms with Crippen molar-refractivity contribution < 1.29 is 23.8 Å². The molecule has 30 heavy (non-hydrogen) atoms. The summed E-state index contributed by atoms with van der Waals surface area (Å²) in [6, 6.07) is 12.5. The van der Waals surface area contributed by atoms with Crippen molar-refractivity contribution in [2.24, 2.45) is 5.41 Å². The van der Waals surface area contributed by atoms with E-state index in [2.05, 4.69) is 5.32 Å². The number of carbonyl (C=O) groups is 2. The minimum absolute atomic E-state index is 0.0894. The Labute approximate surface area is 175 Å². The molecule has 2 amide bonds. The number of amides is 2. The van der Waals surface area contributed by atoms with Crippen molar-refractivity contribution in [3.05, 3.63) is 65.5 Å². The van der Waals surface area contributed by atoms with Gasteiger partial charge in [-0.05, 0) is 35.4 Å². The molecule has 2 aromatic rings. The Hall–Kier alpha value is -2.77. The molecule has 6 nitrogen and oxygen atoms in total. The van der Waals surface area contributed by atoms with E-state index in [0.29, 0.717) is 5.69 Å². The number of nitrogens with one attached hydrogen (secondary N) is 1. The molecule has 2 atom stereocenters. The highest BCUT2D eigenvalue weighted by molar-refractivity contribution is 5.94. The first kappa shape index (κ1) is 21.9. The van der Waals surface area contributed by atoms with Crippen LogP contribution in [0.4, 0.5) is 10.1 Å². The van der Waals surface area contributed by atoms with E-state index in [4.69, 9.17) is 4.74 Å². The summed E-state index contributed by atoms with van der Waals surface area (Å²) in [4.78, 5) is 26.2. The minimum atomic E-state index is -0.577. The van der Waals surface area contributed by atoms with Crippen LogP contribution < -0.4 is 5.32 Å². The van der Waals surface area contributed by atoms with Gasteiger partial charge in [0.25, 0.3) is 0 Å². The Morgan fingerprint density at radius 2 is 1.80 bits per heavy atom. The van der Waals surface area contributed by atoms with Crippen LogP contribution in [0.3, 0.4) is 0 Å². The van der Waals surface area contributed by atoms with Gasteiger partial charge >= 0.3 is 0 Å². The van der Waals surface area contributed by atoms with Gasteiger partial charge in [0, 0.05) is 17.6 Å². The second-order valence-electron chi connectivity index (χ2n) is 8.46. The van der Waals surface area contributed by atoms with Crippen LogP contribution in [-0.2, 0) is 20.9 Å². The highest BCUT2D eigenvalue weighted by Crippen LogP contribution is 2.31. The molecule has 0 saturated carbocycles. The largest absolute Gasteiger partial charge is 0.394 e.